The SMILES string of the molecule is O=C(Cc1cc(-c2cccc(NCC3CCOCC3)c2)c(Cl)cn1)[C@H]1CNC[C@H](C(F)(F)F)C1. The molecule has 0 bridgehead atoms. The van der Waals surface area contributed by atoms with Crippen molar-refractivity contribution in [1.29, 1.82) is 0 Å². The number of ether oxygens (including phenoxy) is 1. The number of alkyl halides is 3. The number of nitrogens with zero attached hydrogens (tertiary/aromatic N) is 1. The fourth-order valence-electron chi connectivity index (χ4n) is 4.57. The molecule has 2 aromatic rings. The molecular weight excluding hydrogens is 467 g/mol. The maximum atomic E-state index is 13.1. The van der Waals surface area contributed by atoms with Crippen LogP contribution in [0.3, 0.4) is 0 Å². The van der Waals surface area contributed by atoms with Crippen molar-refractivity contribution in [3.05, 3.63) is 47.2 Å². The molecule has 5 nitrogen and oxygen atoms in total. The second-order valence-electron chi connectivity index (χ2n) is 9.15. The third-order valence-electron chi connectivity index (χ3n) is 6.65. The van der Waals surface area contributed by atoms with Gasteiger partial charge in [0.25, 0.3) is 0 Å². The first-order valence-electron chi connectivity index (χ1n) is 11.7. The van der Waals surface area contributed by atoms with Gasteiger partial charge in [0.1, 0.15) is 5.78 Å². The van der Waals surface area contributed by atoms with Crippen LogP contribution in [0, 0.1) is 17.8 Å². The number of nitrogens with one attached hydrogen (secondary N) is 2. The molecule has 34 heavy (non-hydrogen) atoms. The van der Waals surface area contributed by atoms with Crippen molar-refractivity contribution in [2.75, 3.05) is 38.2 Å². The van der Waals surface area contributed by atoms with Crippen LogP contribution in [0.25, 0.3) is 11.1 Å². The molecule has 0 spiro atoms. The summed E-state index contributed by atoms with van der Waals surface area (Å²) in [7, 11) is 0. The molecule has 2 aliphatic rings. The van der Waals surface area contributed by atoms with Crippen LogP contribution in [0.5, 0.6) is 0 Å². The highest BCUT2D eigenvalue weighted by molar-refractivity contribution is 6.33. The quantitative estimate of drug-likeness (QED) is 0.557. The zero-order valence-corrected chi connectivity index (χ0v) is 19.6. The standard InChI is InChI=1S/C25H29ClF3N3O2/c26-23-15-32-21(11-24(33)18-8-19(14-30-13-18)25(27,28)29)10-22(23)17-2-1-3-20(9-17)31-12-16-4-6-34-7-5-16/h1-3,9-10,15-16,18-19,30-31H,4-8,11-14H2/t18-,19-/m1/s1. The molecule has 2 aliphatic heterocycles. The van der Waals surface area contributed by atoms with Crippen LogP contribution in [-0.4, -0.2) is 49.8 Å². The van der Waals surface area contributed by atoms with Gasteiger partial charge in [-0.1, -0.05) is 23.7 Å². The smallest absolute Gasteiger partial charge is 0.385 e. The van der Waals surface area contributed by atoms with Crippen LogP contribution in [0.4, 0.5) is 18.9 Å². The molecule has 0 aliphatic carbocycles. The number of carbonyl (C=O) groups excluding carboxylic acids is 1. The van der Waals surface area contributed by atoms with E-state index in [2.05, 4.69) is 15.6 Å². The molecule has 4 rings (SSSR count). The largest absolute Gasteiger partial charge is 0.393 e. The summed E-state index contributed by atoms with van der Waals surface area (Å²) in [6, 6.07) is 9.63. The molecule has 2 saturated heterocycles. The van der Waals surface area contributed by atoms with E-state index in [0.29, 0.717) is 16.6 Å². The van der Waals surface area contributed by atoms with Crippen molar-refractivity contribution in [3.8, 4) is 11.1 Å². The van der Waals surface area contributed by atoms with Gasteiger partial charge in [0, 0.05) is 68.3 Å². The topological polar surface area (TPSA) is 63.2 Å². The van der Waals surface area contributed by atoms with E-state index in [0.717, 1.165) is 49.4 Å². The lowest BCUT2D eigenvalue weighted by molar-refractivity contribution is -0.182. The Hall–Kier alpha value is -2.16. The summed E-state index contributed by atoms with van der Waals surface area (Å²) in [5.41, 5.74) is 3.10. The van der Waals surface area contributed by atoms with Crippen molar-refractivity contribution in [2.45, 2.75) is 31.9 Å². The highest BCUT2D eigenvalue weighted by Crippen LogP contribution is 2.34. The summed E-state index contributed by atoms with van der Waals surface area (Å²) < 4.78 is 44.7. The number of anilines is 1. The van der Waals surface area contributed by atoms with E-state index in [-0.39, 0.29) is 31.7 Å². The first-order chi connectivity index (χ1) is 16.3. The van der Waals surface area contributed by atoms with Crippen molar-refractivity contribution in [1.82, 2.24) is 10.3 Å². The third-order valence-corrected chi connectivity index (χ3v) is 6.95. The molecule has 2 N–H and O–H groups in total. The summed E-state index contributed by atoms with van der Waals surface area (Å²) in [6.07, 6.45) is -0.929. The Morgan fingerprint density at radius 3 is 2.76 bits per heavy atom. The Bertz CT molecular complexity index is 996. The Kier molecular flexibility index (Phi) is 8.11. The minimum Gasteiger partial charge on any atom is -0.385 e. The molecule has 1 aromatic heterocycles. The Balaban J connectivity index is 1.43. The number of halogens is 4. The van der Waals surface area contributed by atoms with Gasteiger partial charge >= 0.3 is 6.18 Å². The predicted molar refractivity (Wildman–Crippen MR) is 126 cm³/mol. The summed E-state index contributed by atoms with van der Waals surface area (Å²) in [5.74, 6) is -1.85. The number of aromatic nitrogens is 1. The average Bonchev–Trinajstić information content (AvgIpc) is 2.84. The average molecular weight is 496 g/mol. The second-order valence-corrected chi connectivity index (χ2v) is 9.55. The molecule has 184 valence electrons. The van der Waals surface area contributed by atoms with E-state index < -0.39 is 18.0 Å². The van der Waals surface area contributed by atoms with Gasteiger partial charge in [0.15, 0.2) is 0 Å². The molecule has 2 fully saturated rings. The zero-order chi connectivity index (χ0) is 24.1. The first-order valence-corrected chi connectivity index (χ1v) is 12.0. The minimum atomic E-state index is -4.30. The Labute approximate surface area is 202 Å². The molecule has 0 saturated carbocycles. The van der Waals surface area contributed by atoms with Crippen LogP contribution in [0.15, 0.2) is 36.5 Å². The van der Waals surface area contributed by atoms with E-state index >= 15 is 0 Å². The predicted octanol–water partition coefficient (Wildman–Crippen LogP) is 5.14. The van der Waals surface area contributed by atoms with Crippen molar-refractivity contribution in [2.24, 2.45) is 17.8 Å². The molecule has 0 unspecified atom stereocenters. The molecule has 9 heteroatoms. The Morgan fingerprint density at radius 1 is 1.21 bits per heavy atom. The van der Waals surface area contributed by atoms with Crippen LogP contribution in [-0.2, 0) is 16.0 Å². The summed E-state index contributed by atoms with van der Waals surface area (Å²) >= 11 is 6.42. The van der Waals surface area contributed by atoms with E-state index in [1.807, 2.05) is 24.3 Å². The van der Waals surface area contributed by atoms with Gasteiger partial charge in [0.2, 0.25) is 0 Å². The zero-order valence-electron chi connectivity index (χ0n) is 18.8. The monoisotopic (exact) mass is 495 g/mol. The number of hydrogen-bond donors (Lipinski definition) is 2. The van der Waals surface area contributed by atoms with Gasteiger partial charge in [-0.05, 0) is 48.9 Å². The molecule has 3 heterocycles. The third kappa shape index (κ3) is 6.49. The minimum absolute atomic E-state index is 0.0250. The lowest BCUT2D eigenvalue weighted by Gasteiger charge is -2.30. The number of rotatable bonds is 7. The van der Waals surface area contributed by atoms with Gasteiger partial charge < -0.3 is 15.4 Å². The van der Waals surface area contributed by atoms with Crippen LogP contribution < -0.4 is 10.6 Å². The molecule has 1 aromatic carbocycles. The number of ketones is 1. The number of Topliss-reactive ketones (excluding diaryl/α,β-unsaturated/α-hetero) is 1. The first kappa shape index (κ1) is 24.9. The van der Waals surface area contributed by atoms with Crippen molar-refractivity contribution < 1.29 is 22.7 Å². The van der Waals surface area contributed by atoms with E-state index in [9.17, 15) is 18.0 Å². The van der Waals surface area contributed by atoms with Crippen molar-refractivity contribution in [3.63, 3.8) is 0 Å². The van der Waals surface area contributed by atoms with E-state index in [1.165, 1.54) is 6.20 Å². The molecule has 2 atom stereocenters. The lowest BCUT2D eigenvalue weighted by atomic mass is 9.85. The molecular formula is C25H29ClF3N3O2. The number of carbonyl (C=O) groups is 1. The fourth-order valence-corrected chi connectivity index (χ4v) is 4.78. The second kappa shape index (κ2) is 11.1. The van der Waals surface area contributed by atoms with Crippen LogP contribution in [0.1, 0.15) is 25.0 Å². The van der Waals surface area contributed by atoms with Crippen LogP contribution in [0.2, 0.25) is 5.02 Å². The number of pyridine rings is 1. The normalized spacial score (nSPS) is 21.9. The van der Waals surface area contributed by atoms with Gasteiger partial charge in [-0.25, -0.2) is 0 Å². The highest BCUT2D eigenvalue weighted by atomic mass is 35.5. The van der Waals surface area contributed by atoms with Gasteiger partial charge in [-0.3, -0.25) is 9.78 Å². The maximum Gasteiger partial charge on any atom is 0.393 e. The van der Waals surface area contributed by atoms with Crippen LogP contribution >= 0.6 is 11.6 Å². The summed E-state index contributed by atoms with van der Waals surface area (Å²) in [6.45, 7) is 2.58. The van der Waals surface area contributed by atoms with Crippen molar-refractivity contribution >= 4 is 23.1 Å². The Morgan fingerprint density at radius 2 is 2.00 bits per heavy atom. The fraction of sp³-hybridized carbons (Fsp3) is 0.520. The van der Waals surface area contributed by atoms with E-state index in [1.54, 1.807) is 6.07 Å². The van der Waals surface area contributed by atoms with Gasteiger partial charge in [-0.2, -0.15) is 13.2 Å². The number of piperidine rings is 1. The lowest BCUT2D eigenvalue weighted by Crippen LogP contribution is -2.45. The maximum absolute atomic E-state index is 13.1. The van der Waals surface area contributed by atoms with Gasteiger partial charge in [0.05, 0.1) is 10.9 Å². The van der Waals surface area contributed by atoms with E-state index in [4.69, 9.17) is 16.3 Å². The molecule has 0 amide bonds. The molecule has 0 radical (unpaired) electrons. The summed E-state index contributed by atoms with van der Waals surface area (Å²) in [4.78, 5) is 17.0. The number of hydrogen-bond acceptors (Lipinski definition) is 5. The van der Waals surface area contributed by atoms with Gasteiger partial charge in [-0.15, -0.1) is 0 Å². The number of benzene rings is 1. The highest BCUT2D eigenvalue weighted by Gasteiger charge is 2.43. The summed E-state index contributed by atoms with van der Waals surface area (Å²) in [5, 5.41) is 6.69.